The minimum Gasteiger partial charge on any atom is -0.493 e. The Bertz CT molecular complexity index is 1620. The molecule has 2 atom stereocenters. The molecule has 0 radical (unpaired) electrons. The van der Waals surface area contributed by atoms with Gasteiger partial charge in [0.25, 0.3) is 0 Å². The quantitative estimate of drug-likeness (QED) is 0.148. The molecule has 0 amide bonds. The van der Waals surface area contributed by atoms with Crippen molar-refractivity contribution in [2.24, 2.45) is 0 Å². The second-order valence-corrected chi connectivity index (χ2v) is 12.1. The summed E-state index contributed by atoms with van der Waals surface area (Å²) in [5.41, 5.74) is 2.35. The van der Waals surface area contributed by atoms with Crippen LogP contribution in [-0.2, 0) is 17.6 Å². The topological polar surface area (TPSA) is 89.9 Å². The van der Waals surface area contributed by atoms with E-state index in [2.05, 4.69) is 24.4 Å². The Labute approximate surface area is 264 Å². The van der Waals surface area contributed by atoms with Gasteiger partial charge in [-0.1, -0.05) is 44.2 Å². The fraction of sp³-hybridized carbons (Fsp3) is 0.351. The van der Waals surface area contributed by atoms with Crippen molar-refractivity contribution in [3.8, 4) is 28.5 Å². The van der Waals surface area contributed by atoms with Gasteiger partial charge in [-0.25, -0.2) is 9.37 Å². The molecular formula is C37H41FN2O5. The first kappa shape index (κ1) is 32.1. The lowest BCUT2D eigenvalue weighted by Gasteiger charge is -2.27. The number of benzene rings is 3. The predicted molar refractivity (Wildman–Crippen MR) is 173 cm³/mol. The Morgan fingerprint density at radius 1 is 1.09 bits per heavy atom. The standard InChI is InChI=1S/C37H41FN2O5/c1-5-19-44-31-16-13-27(20-32(31)43-4)30(41)17-18-37(3,42)33-21-29-35(34(40-33)26-11-14-28(38)15-12-26)45-24-36(29,2)23-39-22-25-9-7-6-8-10-25/h6-16,20-21,39,42H,5,17-19,22-24H2,1-4H3/t36-,37?/m0/s1. The zero-order valence-corrected chi connectivity index (χ0v) is 26.4. The molecule has 1 aliphatic rings. The monoisotopic (exact) mass is 612 g/mol. The van der Waals surface area contributed by atoms with Crippen LogP contribution < -0.4 is 19.5 Å². The normalized spacial score (nSPS) is 16.8. The number of hydrogen-bond acceptors (Lipinski definition) is 7. The average molecular weight is 613 g/mol. The van der Waals surface area contributed by atoms with E-state index in [4.69, 9.17) is 19.2 Å². The maximum absolute atomic E-state index is 13.8. The summed E-state index contributed by atoms with van der Waals surface area (Å²) < 4.78 is 31.3. The Morgan fingerprint density at radius 3 is 2.56 bits per heavy atom. The number of rotatable bonds is 14. The van der Waals surface area contributed by atoms with Crippen molar-refractivity contribution >= 4 is 5.78 Å². The molecule has 0 bridgehead atoms. The molecule has 1 unspecified atom stereocenters. The van der Waals surface area contributed by atoms with E-state index in [1.807, 2.05) is 31.2 Å². The second-order valence-electron chi connectivity index (χ2n) is 12.1. The first-order valence-corrected chi connectivity index (χ1v) is 15.4. The molecule has 3 aromatic carbocycles. The molecule has 1 aliphatic heterocycles. The summed E-state index contributed by atoms with van der Waals surface area (Å²) in [5.74, 6) is 1.22. The molecule has 5 rings (SSSR count). The molecule has 2 N–H and O–H groups in total. The summed E-state index contributed by atoms with van der Waals surface area (Å²) in [6.45, 7) is 8.11. The lowest BCUT2D eigenvalue weighted by molar-refractivity contribution is 0.0396. The van der Waals surface area contributed by atoms with Crippen molar-refractivity contribution in [3.05, 3.63) is 107 Å². The van der Waals surface area contributed by atoms with Gasteiger partial charge >= 0.3 is 0 Å². The summed E-state index contributed by atoms with van der Waals surface area (Å²) in [4.78, 5) is 18.1. The van der Waals surface area contributed by atoms with Gasteiger partial charge < -0.3 is 24.6 Å². The van der Waals surface area contributed by atoms with Crippen molar-refractivity contribution in [2.45, 2.75) is 57.6 Å². The molecule has 236 valence electrons. The first-order chi connectivity index (χ1) is 21.6. The minimum absolute atomic E-state index is 0.0857. The van der Waals surface area contributed by atoms with Crippen molar-refractivity contribution < 1.29 is 28.5 Å². The van der Waals surface area contributed by atoms with Crippen LogP contribution in [0.4, 0.5) is 4.39 Å². The highest BCUT2D eigenvalue weighted by Gasteiger charge is 2.40. The number of nitrogens with one attached hydrogen (secondary N) is 1. The number of pyridine rings is 1. The lowest BCUT2D eigenvalue weighted by Crippen LogP contribution is -2.37. The molecule has 4 aromatic rings. The summed E-state index contributed by atoms with van der Waals surface area (Å²) in [7, 11) is 1.54. The van der Waals surface area contributed by atoms with Gasteiger partial charge in [0.05, 0.1) is 26.0 Å². The van der Waals surface area contributed by atoms with Gasteiger partial charge in [-0.05, 0) is 73.9 Å². The molecule has 1 aromatic heterocycles. The Morgan fingerprint density at radius 2 is 1.84 bits per heavy atom. The summed E-state index contributed by atoms with van der Waals surface area (Å²) >= 11 is 0. The molecule has 0 aliphatic carbocycles. The van der Waals surface area contributed by atoms with E-state index >= 15 is 0 Å². The summed E-state index contributed by atoms with van der Waals surface area (Å²) in [5, 5.41) is 15.3. The smallest absolute Gasteiger partial charge is 0.163 e. The minimum atomic E-state index is -1.44. The number of aliphatic hydroxyl groups is 1. The highest BCUT2D eigenvalue weighted by atomic mass is 19.1. The molecule has 8 heteroatoms. The van der Waals surface area contributed by atoms with E-state index in [-0.39, 0.29) is 24.4 Å². The van der Waals surface area contributed by atoms with Crippen molar-refractivity contribution in [1.29, 1.82) is 0 Å². The van der Waals surface area contributed by atoms with E-state index in [9.17, 15) is 14.3 Å². The number of nitrogens with zero attached hydrogens (tertiary/aromatic N) is 1. The van der Waals surface area contributed by atoms with Crippen molar-refractivity contribution in [1.82, 2.24) is 10.3 Å². The number of ether oxygens (including phenoxy) is 3. The number of Topliss-reactive ketones (excluding diaryl/α,β-unsaturated/α-hetero) is 1. The third kappa shape index (κ3) is 7.35. The van der Waals surface area contributed by atoms with Crippen LogP contribution in [0, 0.1) is 5.82 Å². The molecule has 0 saturated carbocycles. The van der Waals surface area contributed by atoms with Gasteiger partial charge in [0.1, 0.15) is 22.9 Å². The maximum Gasteiger partial charge on any atom is 0.163 e. The Kier molecular flexibility index (Phi) is 9.85. The van der Waals surface area contributed by atoms with Crippen LogP contribution in [0.1, 0.15) is 67.2 Å². The van der Waals surface area contributed by atoms with Gasteiger partial charge in [0.2, 0.25) is 0 Å². The zero-order chi connectivity index (χ0) is 32.0. The first-order valence-electron chi connectivity index (χ1n) is 15.4. The number of ketones is 1. The molecule has 0 fully saturated rings. The fourth-order valence-corrected chi connectivity index (χ4v) is 5.54. The van der Waals surface area contributed by atoms with Crippen LogP contribution >= 0.6 is 0 Å². The van der Waals surface area contributed by atoms with Crippen LogP contribution in [0.5, 0.6) is 17.2 Å². The SMILES string of the molecule is CCCOc1ccc(C(=O)CCC(C)(O)c2cc3c(c(-c4ccc(F)cc4)n2)OC[C@]3(C)CNCc2ccccc2)cc1OC. The second kappa shape index (κ2) is 13.8. The van der Waals surface area contributed by atoms with Crippen molar-refractivity contribution in [2.75, 3.05) is 26.9 Å². The Balaban J connectivity index is 1.41. The number of fused-ring (bicyclic) bond motifs is 1. The van der Waals surface area contributed by atoms with E-state index < -0.39 is 11.0 Å². The highest BCUT2D eigenvalue weighted by Crippen LogP contribution is 2.46. The molecule has 7 nitrogen and oxygen atoms in total. The number of halogens is 1. The summed E-state index contributed by atoms with van der Waals surface area (Å²) in [6, 6.07) is 23.3. The van der Waals surface area contributed by atoms with Gasteiger partial charge in [-0.2, -0.15) is 0 Å². The number of aromatic nitrogens is 1. The fourth-order valence-electron chi connectivity index (χ4n) is 5.54. The van der Waals surface area contributed by atoms with E-state index in [0.717, 1.165) is 12.0 Å². The van der Waals surface area contributed by atoms with Gasteiger partial charge in [-0.15, -0.1) is 0 Å². The van der Waals surface area contributed by atoms with Crippen LogP contribution in [-0.4, -0.2) is 42.7 Å². The summed E-state index contributed by atoms with van der Waals surface area (Å²) in [6.07, 6.45) is 1.08. The van der Waals surface area contributed by atoms with E-state index in [1.165, 1.54) is 17.7 Å². The van der Waals surface area contributed by atoms with Crippen LogP contribution in [0.2, 0.25) is 0 Å². The van der Waals surface area contributed by atoms with Crippen LogP contribution in [0.25, 0.3) is 11.3 Å². The molecular weight excluding hydrogens is 571 g/mol. The van der Waals surface area contributed by atoms with Gasteiger partial charge in [0, 0.05) is 41.6 Å². The molecule has 45 heavy (non-hydrogen) atoms. The number of carbonyl (C=O) groups excluding carboxylic acids is 1. The van der Waals surface area contributed by atoms with Gasteiger partial charge in [0.15, 0.2) is 17.3 Å². The number of hydrogen-bond donors (Lipinski definition) is 2. The van der Waals surface area contributed by atoms with Crippen molar-refractivity contribution in [3.63, 3.8) is 0 Å². The van der Waals surface area contributed by atoms with Gasteiger partial charge in [-0.3, -0.25) is 4.79 Å². The maximum atomic E-state index is 13.8. The largest absolute Gasteiger partial charge is 0.493 e. The average Bonchev–Trinajstić information content (AvgIpc) is 3.39. The molecule has 0 saturated heterocycles. The highest BCUT2D eigenvalue weighted by molar-refractivity contribution is 5.96. The molecule has 2 heterocycles. The van der Waals surface area contributed by atoms with E-state index in [0.29, 0.717) is 66.1 Å². The Hall–Kier alpha value is -4.27. The number of carbonyl (C=O) groups is 1. The van der Waals surface area contributed by atoms with E-state index in [1.54, 1.807) is 44.4 Å². The molecule has 0 spiro atoms. The van der Waals surface area contributed by atoms with Crippen LogP contribution in [0.3, 0.4) is 0 Å². The zero-order valence-electron chi connectivity index (χ0n) is 26.4. The van der Waals surface area contributed by atoms with Crippen LogP contribution in [0.15, 0.2) is 78.9 Å². The predicted octanol–water partition coefficient (Wildman–Crippen LogP) is 7.00. The third-order valence-electron chi connectivity index (χ3n) is 8.30. The number of methoxy groups -OCH3 is 1. The lowest BCUT2D eigenvalue weighted by atomic mass is 9.82. The third-order valence-corrected chi connectivity index (χ3v) is 8.30.